The Morgan fingerprint density at radius 3 is 2.61 bits per heavy atom. The second kappa shape index (κ2) is 9.37. The average molecular weight is 491 g/mol. The van der Waals surface area contributed by atoms with Gasteiger partial charge in [-0.2, -0.15) is 4.31 Å². The Bertz CT molecular complexity index is 1270. The predicted octanol–water partition coefficient (Wildman–Crippen LogP) is 4.42. The molecule has 0 bridgehead atoms. The van der Waals surface area contributed by atoms with Gasteiger partial charge < -0.3 is 14.4 Å². The van der Waals surface area contributed by atoms with Crippen molar-refractivity contribution in [3.05, 3.63) is 59.2 Å². The van der Waals surface area contributed by atoms with E-state index >= 15 is 0 Å². The van der Waals surface area contributed by atoms with Crippen LogP contribution in [0, 0.1) is 5.92 Å². The van der Waals surface area contributed by atoms with Gasteiger partial charge in [0, 0.05) is 35.2 Å². The SMILES string of the molecule is CC(C)Oc1ccc(S(=O)(=O)N2CCC(Cc3cn(CC(=O)O)c4ccc(Cl)cc34)C2)cc1. The molecule has 0 saturated carbocycles. The van der Waals surface area contributed by atoms with E-state index in [-0.39, 0.29) is 23.5 Å². The van der Waals surface area contributed by atoms with Crippen LogP contribution in [-0.2, 0) is 27.8 Å². The number of carboxylic acid groups (broad SMARTS) is 1. The summed E-state index contributed by atoms with van der Waals surface area (Å²) in [6, 6.07) is 11.9. The summed E-state index contributed by atoms with van der Waals surface area (Å²) in [7, 11) is -3.60. The number of benzene rings is 2. The van der Waals surface area contributed by atoms with Crippen molar-refractivity contribution in [2.75, 3.05) is 13.1 Å². The fourth-order valence-corrected chi connectivity index (χ4v) is 6.09. The predicted molar refractivity (Wildman–Crippen MR) is 127 cm³/mol. The van der Waals surface area contributed by atoms with Crippen LogP contribution in [0.1, 0.15) is 25.8 Å². The standard InChI is InChI=1S/C24H27ClN2O5S/c1-16(2)32-20-4-6-21(7-5-20)33(30,31)27-10-9-17(13-27)11-18-14-26(15-24(28)29)23-8-3-19(25)12-22(18)23/h3-8,12,14,16-17H,9-11,13,15H2,1-2H3,(H,28,29). The molecule has 1 aromatic heterocycles. The minimum absolute atomic E-state index is 0.0168. The molecule has 7 nitrogen and oxygen atoms in total. The first-order valence-electron chi connectivity index (χ1n) is 10.9. The highest BCUT2D eigenvalue weighted by atomic mass is 35.5. The maximum atomic E-state index is 13.1. The van der Waals surface area contributed by atoms with Crippen LogP contribution in [0.15, 0.2) is 53.6 Å². The van der Waals surface area contributed by atoms with Crippen LogP contribution in [0.2, 0.25) is 5.02 Å². The van der Waals surface area contributed by atoms with Crippen molar-refractivity contribution in [3.63, 3.8) is 0 Å². The first kappa shape index (κ1) is 23.6. The van der Waals surface area contributed by atoms with Gasteiger partial charge in [0.1, 0.15) is 12.3 Å². The van der Waals surface area contributed by atoms with Crippen molar-refractivity contribution >= 4 is 38.5 Å². The molecule has 0 spiro atoms. The van der Waals surface area contributed by atoms with Crippen molar-refractivity contribution in [1.82, 2.24) is 8.87 Å². The molecule has 0 radical (unpaired) electrons. The zero-order valence-corrected chi connectivity index (χ0v) is 20.1. The molecule has 4 rings (SSSR count). The number of carboxylic acids is 1. The molecule has 2 aromatic carbocycles. The lowest BCUT2D eigenvalue weighted by Gasteiger charge is -2.17. The summed E-state index contributed by atoms with van der Waals surface area (Å²) in [5.41, 5.74) is 1.79. The molecule has 1 atom stereocenters. The Hall–Kier alpha value is -2.55. The van der Waals surface area contributed by atoms with Gasteiger partial charge >= 0.3 is 5.97 Å². The number of rotatable bonds is 8. The van der Waals surface area contributed by atoms with Gasteiger partial charge in [-0.1, -0.05) is 11.6 Å². The lowest BCUT2D eigenvalue weighted by molar-refractivity contribution is -0.137. The normalized spacial score (nSPS) is 17.2. The molecule has 0 amide bonds. The Labute approximate surface area is 198 Å². The van der Waals surface area contributed by atoms with E-state index in [1.54, 1.807) is 34.9 Å². The fourth-order valence-electron chi connectivity index (χ4n) is 4.39. The van der Waals surface area contributed by atoms with Crippen LogP contribution in [0.3, 0.4) is 0 Å². The lowest BCUT2D eigenvalue weighted by atomic mass is 9.98. The molecule has 33 heavy (non-hydrogen) atoms. The number of halogens is 1. The van der Waals surface area contributed by atoms with E-state index in [0.29, 0.717) is 30.3 Å². The summed E-state index contributed by atoms with van der Waals surface area (Å²) < 4.78 is 35.1. The molecule has 2 heterocycles. The number of ether oxygens (including phenoxy) is 1. The van der Waals surface area contributed by atoms with Crippen molar-refractivity contribution in [1.29, 1.82) is 0 Å². The molecule has 1 aliphatic rings. The van der Waals surface area contributed by atoms with Gasteiger partial charge in [0.25, 0.3) is 0 Å². The van der Waals surface area contributed by atoms with Crippen LogP contribution in [0.4, 0.5) is 0 Å². The maximum absolute atomic E-state index is 13.1. The molecule has 1 aliphatic heterocycles. The van der Waals surface area contributed by atoms with Gasteiger partial charge in [0.2, 0.25) is 10.0 Å². The highest BCUT2D eigenvalue weighted by Gasteiger charge is 2.33. The van der Waals surface area contributed by atoms with E-state index in [0.717, 1.165) is 22.9 Å². The van der Waals surface area contributed by atoms with E-state index < -0.39 is 16.0 Å². The van der Waals surface area contributed by atoms with Crippen LogP contribution in [-0.4, -0.2) is 47.6 Å². The third-order valence-electron chi connectivity index (χ3n) is 5.82. The third kappa shape index (κ3) is 5.18. The molecule has 1 N–H and O–H groups in total. The molecule has 1 fully saturated rings. The van der Waals surface area contributed by atoms with Crippen LogP contribution in [0.25, 0.3) is 10.9 Å². The summed E-state index contributed by atoms with van der Waals surface area (Å²) in [4.78, 5) is 11.5. The number of hydrogen-bond donors (Lipinski definition) is 1. The molecule has 3 aromatic rings. The first-order chi connectivity index (χ1) is 15.6. The fraction of sp³-hybridized carbons (Fsp3) is 0.375. The third-order valence-corrected chi connectivity index (χ3v) is 7.94. The molecule has 1 saturated heterocycles. The Balaban J connectivity index is 1.51. The zero-order chi connectivity index (χ0) is 23.8. The van der Waals surface area contributed by atoms with Crippen LogP contribution in [0.5, 0.6) is 5.75 Å². The minimum atomic E-state index is -3.60. The molecule has 9 heteroatoms. The van der Waals surface area contributed by atoms with E-state index in [1.165, 1.54) is 4.31 Å². The summed E-state index contributed by atoms with van der Waals surface area (Å²) in [5.74, 6) is -0.151. The summed E-state index contributed by atoms with van der Waals surface area (Å²) in [6.45, 7) is 4.56. The highest BCUT2D eigenvalue weighted by molar-refractivity contribution is 7.89. The molecular weight excluding hydrogens is 464 g/mol. The van der Waals surface area contributed by atoms with Gasteiger partial charge in [-0.25, -0.2) is 8.42 Å². The molecule has 0 aliphatic carbocycles. The van der Waals surface area contributed by atoms with Gasteiger partial charge in [0.15, 0.2) is 0 Å². The Morgan fingerprint density at radius 1 is 1.21 bits per heavy atom. The second-order valence-electron chi connectivity index (χ2n) is 8.70. The van der Waals surface area contributed by atoms with Gasteiger partial charge in [0.05, 0.1) is 11.0 Å². The lowest BCUT2D eigenvalue weighted by Crippen LogP contribution is -2.29. The van der Waals surface area contributed by atoms with Crippen molar-refractivity contribution in [2.45, 2.75) is 44.2 Å². The number of sulfonamides is 1. The zero-order valence-electron chi connectivity index (χ0n) is 18.6. The van der Waals surface area contributed by atoms with E-state index in [4.69, 9.17) is 16.3 Å². The van der Waals surface area contributed by atoms with Gasteiger partial charge in [-0.3, -0.25) is 4.79 Å². The van der Waals surface area contributed by atoms with Gasteiger partial charge in [-0.15, -0.1) is 0 Å². The summed E-state index contributed by atoms with van der Waals surface area (Å²) in [5, 5.41) is 10.7. The van der Waals surface area contributed by atoms with Crippen molar-refractivity contribution in [2.24, 2.45) is 5.92 Å². The minimum Gasteiger partial charge on any atom is -0.491 e. The largest absolute Gasteiger partial charge is 0.491 e. The monoisotopic (exact) mass is 490 g/mol. The van der Waals surface area contributed by atoms with E-state index in [2.05, 4.69) is 0 Å². The summed E-state index contributed by atoms with van der Waals surface area (Å²) >= 11 is 6.19. The van der Waals surface area contributed by atoms with Crippen molar-refractivity contribution < 1.29 is 23.1 Å². The van der Waals surface area contributed by atoms with E-state index in [1.807, 2.05) is 32.2 Å². The van der Waals surface area contributed by atoms with Crippen molar-refractivity contribution in [3.8, 4) is 5.75 Å². The topological polar surface area (TPSA) is 88.8 Å². The smallest absolute Gasteiger partial charge is 0.323 e. The molecule has 1 unspecified atom stereocenters. The van der Waals surface area contributed by atoms with Gasteiger partial charge in [-0.05, 0) is 80.6 Å². The molecule has 176 valence electrons. The van der Waals surface area contributed by atoms with Crippen LogP contribution >= 0.6 is 11.6 Å². The Morgan fingerprint density at radius 2 is 1.94 bits per heavy atom. The first-order valence-corrected chi connectivity index (χ1v) is 12.7. The van der Waals surface area contributed by atoms with E-state index in [9.17, 15) is 18.3 Å². The number of nitrogens with zero attached hydrogens (tertiary/aromatic N) is 2. The number of aromatic nitrogens is 1. The number of fused-ring (bicyclic) bond motifs is 1. The quantitative estimate of drug-likeness (QED) is 0.505. The highest BCUT2D eigenvalue weighted by Crippen LogP contribution is 2.31. The second-order valence-corrected chi connectivity index (χ2v) is 11.1. The summed E-state index contributed by atoms with van der Waals surface area (Å²) in [6.07, 6.45) is 3.25. The number of carbonyl (C=O) groups is 1. The number of hydrogen-bond acceptors (Lipinski definition) is 4. The number of aliphatic carboxylic acids is 1. The average Bonchev–Trinajstić information content (AvgIpc) is 3.33. The maximum Gasteiger partial charge on any atom is 0.323 e. The Kier molecular flexibility index (Phi) is 6.70. The van der Waals surface area contributed by atoms with Crippen LogP contribution < -0.4 is 4.74 Å². The molecular formula is C24H27ClN2O5S.